The molecular weight excluding hydrogens is 212 g/mol. The molecule has 0 N–H and O–H groups in total. The van der Waals surface area contributed by atoms with Crippen LogP contribution in [-0.4, -0.2) is 13.1 Å². The van der Waals surface area contributed by atoms with E-state index in [4.69, 9.17) is 0 Å². The molecule has 0 saturated heterocycles. The second-order valence-electron chi connectivity index (χ2n) is 4.04. The highest BCUT2D eigenvalue weighted by Gasteiger charge is 2.09. The van der Waals surface area contributed by atoms with Gasteiger partial charge in [-0.05, 0) is 29.3 Å². The van der Waals surface area contributed by atoms with Crippen molar-refractivity contribution in [3.05, 3.63) is 54.1 Å². The molecule has 0 radical (unpaired) electrons. The van der Waals surface area contributed by atoms with E-state index >= 15 is 0 Å². The zero-order valence-corrected chi connectivity index (χ0v) is 9.99. The maximum atomic E-state index is 11.4. The average molecular weight is 226 g/mol. The van der Waals surface area contributed by atoms with Crippen LogP contribution in [-0.2, 0) is 9.53 Å². The van der Waals surface area contributed by atoms with Crippen molar-refractivity contribution in [3.63, 3.8) is 0 Å². The molecule has 2 heteroatoms. The molecule has 86 valence electrons. The van der Waals surface area contributed by atoms with Crippen LogP contribution in [0.3, 0.4) is 0 Å². The third kappa shape index (κ3) is 2.21. The third-order valence-corrected chi connectivity index (χ3v) is 2.78. The number of carbonyl (C=O) groups is 1. The number of rotatable bonds is 2. The van der Waals surface area contributed by atoms with Crippen LogP contribution in [0.15, 0.2) is 43.0 Å². The van der Waals surface area contributed by atoms with Gasteiger partial charge in [0.1, 0.15) is 0 Å². The first kappa shape index (κ1) is 11.4. The molecule has 0 aliphatic heterocycles. The summed E-state index contributed by atoms with van der Waals surface area (Å²) in [6.07, 6.45) is 0. The van der Waals surface area contributed by atoms with Gasteiger partial charge in [0, 0.05) is 0 Å². The molecule has 0 atom stereocenters. The summed E-state index contributed by atoms with van der Waals surface area (Å²) in [7, 11) is 1.36. The van der Waals surface area contributed by atoms with Gasteiger partial charge < -0.3 is 4.74 Å². The van der Waals surface area contributed by atoms with Gasteiger partial charge in [-0.15, -0.1) is 0 Å². The Hall–Kier alpha value is -2.09. The highest BCUT2D eigenvalue weighted by Crippen LogP contribution is 2.22. The Morgan fingerprint density at radius 2 is 1.76 bits per heavy atom. The van der Waals surface area contributed by atoms with Crippen molar-refractivity contribution in [1.82, 2.24) is 0 Å². The Kier molecular flexibility index (Phi) is 2.96. The maximum Gasteiger partial charge on any atom is 0.337 e. The molecule has 0 aliphatic rings. The number of hydrogen-bond acceptors (Lipinski definition) is 2. The van der Waals surface area contributed by atoms with Gasteiger partial charge in [-0.3, -0.25) is 0 Å². The highest BCUT2D eigenvalue weighted by atomic mass is 16.5. The minimum atomic E-state index is -0.392. The summed E-state index contributed by atoms with van der Waals surface area (Å²) >= 11 is 0. The van der Waals surface area contributed by atoms with Crippen LogP contribution in [0.5, 0.6) is 0 Å². The molecule has 2 rings (SSSR count). The third-order valence-electron chi connectivity index (χ3n) is 2.78. The zero-order valence-electron chi connectivity index (χ0n) is 9.99. The zero-order chi connectivity index (χ0) is 12.4. The van der Waals surface area contributed by atoms with Gasteiger partial charge in [-0.2, -0.15) is 0 Å². The van der Waals surface area contributed by atoms with Crippen molar-refractivity contribution in [2.24, 2.45) is 0 Å². The number of methoxy groups -OCH3 is 1. The molecule has 0 aromatic heterocycles. The summed E-state index contributed by atoms with van der Waals surface area (Å²) in [5.74, 6) is -0.392. The SMILES string of the molecule is C=C(C(=O)OC)c1ccc2cc(C)ccc2c1. The minimum Gasteiger partial charge on any atom is -0.465 e. The fourth-order valence-electron chi connectivity index (χ4n) is 1.79. The standard InChI is InChI=1S/C15H14O2/c1-10-4-5-14-9-12(6-7-13(14)8-10)11(2)15(16)17-3/h4-9H,2H2,1,3H3. The van der Waals surface area contributed by atoms with Crippen LogP contribution in [0.4, 0.5) is 0 Å². The van der Waals surface area contributed by atoms with Crippen molar-refractivity contribution in [1.29, 1.82) is 0 Å². The minimum absolute atomic E-state index is 0.384. The van der Waals surface area contributed by atoms with Crippen LogP contribution in [0, 0.1) is 6.92 Å². The monoisotopic (exact) mass is 226 g/mol. The van der Waals surface area contributed by atoms with Crippen molar-refractivity contribution in [2.75, 3.05) is 7.11 Å². The van der Waals surface area contributed by atoms with Gasteiger partial charge in [0.2, 0.25) is 0 Å². The quantitative estimate of drug-likeness (QED) is 0.580. The second-order valence-corrected chi connectivity index (χ2v) is 4.04. The van der Waals surface area contributed by atoms with E-state index < -0.39 is 5.97 Å². The van der Waals surface area contributed by atoms with Gasteiger partial charge in [0.05, 0.1) is 12.7 Å². The predicted molar refractivity (Wildman–Crippen MR) is 69.7 cm³/mol. The molecule has 0 aliphatic carbocycles. The number of benzene rings is 2. The van der Waals surface area contributed by atoms with Gasteiger partial charge in [-0.1, -0.05) is 42.5 Å². The van der Waals surface area contributed by atoms with E-state index in [2.05, 4.69) is 24.3 Å². The van der Waals surface area contributed by atoms with E-state index in [0.717, 1.165) is 16.3 Å². The van der Waals surface area contributed by atoms with Crippen LogP contribution >= 0.6 is 0 Å². The summed E-state index contributed by atoms with van der Waals surface area (Å²) in [4.78, 5) is 11.4. The van der Waals surface area contributed by atoms with E-state index in [1.807, 2.05) is 30.3 Å². The predicted octanol–water partition coefficient (Wildman–Crippen LogP) is 3.33. The Balaban J connectivity index is 2.48. The van der Waals surface area contributed by atoms with E-state index in [9.17, 15) is 4.79 Å². The summed E-state index contributed by atoms with van der Waals surface area (Å²) < 4.78 is 4.66. The van der Waals surface area contributed by atoms with Gasteiger partial charge in [-0.25, -0.2) is 4.79 Å². The van der Waals surface area contributed by atoms with Crippen LogP contribution in [0.25, 0.3) is 16.3 Å². The Morgan fingerprint density at radius 3 is 2.47 bits per heavy atom. The second kappa shape index (κ2) is 4.42. The summed E-state index contributed by atoms with van der Waals surface area (Å²) in [6, 6.07) is 12.0. The summed E-state index contributed by atoms with van der Waals surface area (Å²) in [5.41, 5.74) is 2.40. The molecule has 2 aromatic carbocycles. The molecule has 0 unspecified atom stereocenters. The summed E-state index contributed by atoms with van der Waals surface area (Å²) in [6.45, 7) is 5.80. The number of esters is 1. The summed E-state index contributed by atoms with van der Waals surface area (Å²) in [5, 5.41) is 2.25. The topological polar surface area (TPSA) is 26.3 Å². The Morgan fingerprint density at radius 1 is 1.12 bits per heavy atom. The normalized spacial score (nSPS) is 10.2. The Labute approximate surface area is 101 Å². The fourth-order valence-corrected chi connectivity index (χ4v) is 1.79. The molecule has 0 saturated carbocycles. The molecule has 0 amide bonds. The molecule has 0 spiro atoms. The molecule has 2 aromatic rings. The molecule has 0 bridgehead atoms. The van der Waals surface area contributed by atoms with Gasteiger partial charge >= 0.3 is 5.97 Å². The van der Waals surface area contributed by atoms with E-state index in [1.54, 1.807) is 0 Å². The van der Waals surface area contributed by atoms with Crippen molar-refractivity contribution < 1.29 is 9.53 Å². The number of fused-ring (bicyclic) bond motifs is 1. The van der Waals surface area contributed by atoms with Crippen LogP contribution in [0.2, 0.25) is 0 Å². The maximum absolute atomic E-state index is 11.4. The Bertz CT molecular complexity index is 597. The smallest absolute Gasteiger partial charge is 0.337 e. The van der Waals surface area contributed by atoms with Crippen LogP contribution < -0.4 is 0 Å². The van der Waals surface area contributed by atoms with Crippen molar-refractivity contribution in [2.45, 2.75) is 6.92 Å². The molecular formula is C15H14O2. The van der Waals surface area contributed by atoms with E-state index in [1.165, 1.54) is 12.7 Å². The lowest BCUT2D eigenvalue weighted by Gasteiger charge is -2.06. The molecule has 17 heavy (non-hydrogen) atoms. The molecule has 0 fully saturated rings. The van der Waals surface area contributed by atoms with Crippen molar-refractivity contribution in [3.8, 4) is 0 Å². The van der Waals surface area contributed by atoms with Gasteiger partial charge in [0.25, 0.3) is 0 Å². The first-order chi connectivity index (χ1) is 8.11. The van der Waals surface area contributed by atoms with Crippen molar-refractivity contribution >= 4 is 22.3 Å². The first-order valence-electron chi connectivity index (χ1n) is 5.40. The lowest BCUT2D eigenvalue weighted by molar-refractivity contribution is -0.133. The number of aryl methyl sites for hydroxylation is 1. The van der Waals surface area contributed by atoms with Crippen LogP contribution in [0.1, 0.15) is 11.1 Å². The molecule has 2 nitrogen and oxygen atoms in total. The van der Waals surface area contributed by atoms with E-state index in [0.29, 0.717) is 5.57 Å². The first-order valence-corrected chi connectivity index (χ1v) is 5.40. The largest absolute Gasteiger partial charge is 0.465 e. The number of hydrogen-bond donors (Lipinski definition) is 0. The lowest BCUT2D eigenvalue weighted by atomic mass is 10.0. The lowest BCUT2D eigenvalue weighted by Crippen LogP contribution is -2.02. The highest BCUT2D eigenvalue weighted by molar-refractivity contribution is 6.16. The number of carbonyl (C=O) groups excluding carboxylic acids is 1. The van der Waals surface area contributed by atoms with Gasteiger partial charge in [0.15, 0.2) is 0 Å². The number of ether oxygens (including phenoxy) is 1. The average Bonchev–Trinajstić information content (AvgIpc) is 2.36. The van der Waals surface area contributed by atoms with E-state index in [-0.39, 0.29) is 0 Å². The molecule has 0 heterocycles. The fraction of sp³-hybridized carbons (Fsp3) is 0.133.